The first kappa shape index (κ1) is 12.8. The van der Waals surface area contributed by atoms with Crippen molar-refractivity contribution in [2.75, 3.05) is 6.54 Å². The molecule has 1 amide bonds. The fourth-order valence-corrected chi connectivity index (χ4v) is 2.38. The molecular weight excluding hydrogens is 224 g/mol. The number of nitrogens with zero attached hydrogens (tertiary/aromatic N) is 2. The maximum atomic E-state index is 12.1. The highest BCUT2D eigenvalue weighted by molar-refractivity contribution is 6.39. The average molecular weight is 244 g/mol. The Kier molecular flexibility index (Phi) is 3.50. The quantitative estimate of drug-likeness (QED) is 0.801. The monoisotopic (exact) mass is 244 g/mol. The molecule has 0 bridgehead atoms. The van der Waals surface area contributed by atoms with E-state index in [2.05, 4.69) is 24.0 Å². The third-order valence-electron chi connectivity index (χ3n) is 3.68. The van der Waals surface area contributed by atoms with Crippen LogP contribution < -0.4 is 0 Å². The number of rotatable bonds is 4. The molecule has 1 heterocycles. The summed E-state index contributed by atoms with van der Waals surface area (Å²) in [6.07, 6.45) is 1.73. The van der Waals surface area contributed by atoms with Crippen molar-refractivity contribution < 1.29 is 4.79 Å². The van der Waals surface area contributed by atoms with Crippen LogP contribution in [0, 0.1) is 0 Å². The Morgan fingerprint density at radius 3 is 2.56 bits per heavy atom. The van der Waals surface area contributed by atoms with Gasteiger partial charge in [-0.2, -0.15) is 0 Å². The van der Waals surface area contributed by atoms with Crippen molar-refractivity contribution >= 4 is 11.6 Å². The van der Waals surface area contributed by atoms with Gasteiger partial charge in [-0.15, -0.1) is 0 Å². The normalized spacial score (nSPS) is 23.4. The largest absolute Gasteiger partial charge is 0.313 e. The molecule has 0 saturated carbocycles. The average Bonchev–Trinajstić information content (AvgIpc) is 2.60. The van der Waals surface area contributed by atoms with Crippen LogP contribution in [0.4, 0.5) is 0 Å². The molecule has 1 aromatic carbocycles. The van der Waals surface area contributed by atoms with E-state index in [0.717, 1.165) is 19.4 Å². The van der Waals surface area contributed by atoms with E-state index in [9.17, 15) is 4.79 Å². The molecule has 0 fully saturated rings. The Bertz CT molecular complexity index is 467. The van der Waals surface area contributed by atoms with Crippen molar-refractivity contribution in [1.29, 1.82) is 0 Å². The number of carbonyl (C=O) groups is 1. The molecule has 1 aliphatic rings. The summed E-state index contributed by atoms with van der Waals surface area (Å²) in [6.45, 7) is 6.64. The van der Waals surface area contributed by atoms with Crippen molar-refractivity contribution in [1.82, 2.24) is 4.90 Å². The summed E-state index contributed by atoms with van der Waals surface area (Å²) in [7, 11) is 0. The fourth-order valence-electron chi connectivity index (χ4n) is 2.38. The minimum absolute atomic E-state index is 0.0790. The molecule has 2 rings (SSSR count). The first-order valence-electron chi connectivity index (χ1n) is 6.49. The van der Waals surface area contributed by atoms with Crippen LogP contribution in [0.5, 0.6) is 0 Å². The maximum absolute atomic E-state index is 12.1. The van der Waals surface area contributed by atoms with Crippen LogP contribution in [-0.2, 0) is 11.2 Å². The number of carbonyl (C=O) groups excluding carboxylic acids is 1. The molecule has 1 aromatic rings. The van der Waals surface area contributed by atoms with Crippen LogP contribution >= 0.6 is 0 Å². The second-order valence-electron chi connectivity index (χ2n) is 4.96. The molecule has 0 aliphatic carbocycles. The first-order valence-corrected chi connectivity index (χ1v) is 6.49. The van der Waals surface area contributed by atoms with Gasteiger partial charge in [0.15, 0.2) is 0 Å². The summed E-state index contributed by atoms with van der Waals surface area (Å²) in [5.41, 5.74) is 1.54. The van der Waals surface area contributed by atoms with E-state index in [1.54, 1.807) is 6.92 Å². The predicted octanol–water partition coefficient (Wildman–Crippen LogP) is 2.66. The van der Waals surface area contributed by atoms with Gasteiger partial charge in [-0.1, -0.05) is 37.3 Å². The van der Waals surface area contributed by atoms with Gasteiger partial charge in [-0.05, 0) is 32.3 Å². The zero-order valence-electron chi connectivity index (χ0n) is 11.3. The second-order valence-corrected chi connectivity index (χ2v) is 4.96. The SMILES string of the molecule is CCC1(C)N=C(C)C(=O)N1CCc1ccccc1. The Morgan fingerprint density at radius 1 is 1.28 bits per heavy atom. The van der Waals surface area contributed by atoms with Gasteiger partial charge in [-0.3, -0.25) is 9.79 Å². The molecule has 0 spiro atoms. The first-order chi connectivity index (χ1) is 8.57. The third-order valence-corrected chi connectivity index (χ3v) is 3.68. The Morgan fingerprint density at radius 2 is 1.94 bits per heavy atom. The summed E-state index contributed by atoms with van der Waals surface area (Å²) in [5, 5.41) is 0. The molecule has 0 radical (unpaired) electrons. The summed E-state index contributed by atoms with van der Waals surface area (Å²) in [6, 6.07) is 10.3. The molecular formula is C15H20N2O. The number of amides is 1. The molecule has 3 heteroatoms. The second kappa shape index (κ2) is 4.92. The molecule has 1 aliphatic heterocycles. The van der Waals surface area contributed by atoms with Gasteiger partial charge in [0, 0.05) is 6.54 Å². The highest BCUT2D eigenvalue weighted by atomic mass is 16.2. The standard InChI is InChI=1S/C15H20N2O/c1-4-15(3)16-12(2)14(18)17(15)11-10-13-8-6-5-7-9-13/h5-9H,4,10-11H2,1-3H3. The summed E-state index contributed by atoms with van der Waals surface area (Å²) in [5.74, 6) is 0.0790. The topological polar surface area (TPSA) is 32.7 Å². The van der Waals surface area contributed by atoms with Gasteiger partial charge in [0.05, 0.1) is 5.71 Å². The summed E-state index contributed by atoms with van der Waals surface area (Å²) >= 11 is 0. The molecule has 0 aromatic heterocycles. The van der Waals surface area contributed by atoms with Crippen molar-refractivity contribution in [3.63, 3.8) is 0 Å². The van der Waals surface area contributed by atoms with Gasteiger partial charge in [0.2, 0.25) is 0 Å². The highest BCUT2D eigenvalue weighted by Gasteiger charge is 2.39. The Hall–Kier alpha value is -1.64. The number of benzene rings is 1. The number of hydrogen-bond donors (Lipinski definition) is 0. The summed E-state index contributed by atoms with van der Waals surface area (Å²) < 4.78 is 0. The lowest BCUT2D eigenvalue weighted by Crippen LogP contribution is -2.45. The maximum Gasteiger partial charge on any atom is 0.269 e. The van der Waals surface area contributed by atoms with Crippen molar-refractivity contribution in [3.05, 3.63) is 35.9 Å². The van der Waals surface area contributed by atoms with Gasteiger partial charge in [0.25, 0.3) is 5.91 Å². The number of aliphatic imine (C=N–C) groups is 1. The van der Waals surface area contributed by atoms with Gasteiger partial charge in [-0.25, -0.2) is 0 Å². The minimum atomic E-state index is -0.351. The van der Waals surface area contributed by atoms with Crippen LogP contribution in [0.3, 0.4) is 0 Å². The van der Waals surface area contributed by atoms with Crippen LogP contribution in [-0.4, -0.2) is 28.7 Å². The fraction of sp³-hybridized carbons (Fsp3) is 0.467. The van der Waals surface area contributed by atoms with E-state index < -0.39 is 0 Å². The Balaban J connectivity index is 2.07. The molecule has 18 heavy (non-hydrogen) atoms. The molecule has 1 unspecified atom stereocenters. The zero-order chi connectivity index (χ0) is 13.2. The van der Waals surface area contributed by atoms with Crippen LogP contribution in [0.2, 0.25) is 0 Å². The van der Waals surface area contributed by atoms with E-state index in [4.69, 9.17) is 0 Å². The predicted molar refractivity (Wildman–Crippen MR) is 73.7 cm³/mol. The summed E-state index contributed by atoms with van der Waals surface area (Å²) in [4.78, 5) is 18.5. The lowest BCUT2D eigenvalue weighted by Gasteiger charge is -2.32. The highest BCUT2D eigenvalue weighted by Crippen LogP contribution is 2.27. The lowest BCUT2D eigenvalue weighted by atomic mass is 10.1. The molecule has 0 saturated heterocycles. The van der Waals surface area contributed by atoms with E-state index in [1.807, 2.05) is 30.0 Å². The Labute approximate surface area is 109 Å². The van der Waals surface area contributed by atoms with Crippen molar-refractivity contribution in [3.8, 4) is 0 Å². The van der Waals surface area contributed by atoms with E-state index in [0.29, 0.717) is 5.71 Å². The van der Waals surface area contributed by atoms with Crippen LogP contribution in [0.25, 0.3) is 0 Å². The van der Waals surface area contributed by atoms with Gasteiger partial charge < -0.3 is 4.90 Å². The van der Waals surface area contributed by atoms with E-state index in [-0.39, 0.29) is 11.6 Å². The van der Waals surface area contributed by atoms with Crippen LogP contribution in [0.1, 0.15) is 32.8 Å². The van der Waals surface area contributed by atoms with E-state index in [1.165, 1.54) is 5.56 Å². The zero-order valence-corrected chi connectivity index (χ0v) is 11.3. The molecule has 96 valence electrons. The smallest absolute Gasteiger partial charge is 0.269 e. The van der Waals surface area contributed by atoms with Crippen molar-refractivity contribution in [2.45, 2.75) is 39.3 Å². The molecule has 0 N–H and O–H groups in total. The van der Waals surface area contributed by atoms with Crippen LogP contribution in [0.15, 0.2) is 35.3 Å². The number of hydrogen-bond acceptors (Lipinski definition) is 2. The minimum Gasteiger partial charge on any atom is -0.313 e. The molecule has 1 atom stereocenters. The molecule has 3 nitrogen and oxygen atoms in total. The van der Waals surface area contributed by atoms with Crippen molar-refractivity contribution in [2.24, 2.45) is 4.99 Å². The van der Waals surface area contributed by atoms with E-state index >= 15 is 0 Å². The van der Waals surface area contributed by atoms with Gasteiger partial charge >= 0.3 is 0 Å². The lowest BCUT2D eigenvalue weighted by molar-refractivity contribution is -0.127. The van der Waals surface area contributed by atoms with Gasteiger partial charge in [0.1, 0.15) is 5.66 Å². The third kappa shape index (κ3) is 2.30.